The van der Waals surface area contributed by atoms with Crippen LogP contribution in [0.15, 0.2) is 47.4 Å². The van der Waals surface area contributed by atoms with Crippen LogP contribution in [0.5, 0.6) is 5.75 Å². The molecule has 2 aromatic rings. The van der Waals surface area contributed by atoms with E-state index >= 15 is 0 Å². The van der Waals surface area contributed by atoms with Crippen molar-refractivity contribution < 1.29 is 17.9 Å². The average molecular weight is 540 g/mol. The summed E-state index contributed by atoms with van der Waals surface area (Å²) in [5.41, 5.74) is 1.90. The average Bonchev–Trinajstić information content (AvgIpc) is 3.39. The first kappa shape index (κ1) is 28.0. The third kappa shape index (κ3) is 6.53. The van der Waals surface area contributed by atoms with Crippen LogP contribution in [-0.2, 0) is 14.8 Å². The molecule has 2 heterocycles. The Morgan fingerprint density at radius 1 is 1.08 bits per heavy atom. The molecular formula is C28H37N5O4S. The highest BCUT2D eigenvalue weighted by molar-refractivity contribution is 7.89. The van der Waals surface area contributed by atoms with Gasteiger partial charge in [-0.05, 0) is 71.0 Å². The van der Waals surface area contributed by atoms with E-state index in [9.17, 15) is 13.2 Å². The number of nitrogens with one attached hydrogen (secondary N) is 1. The van der Waals surface area contributed by atoms with Crippen molar-refractivity contribution >= 4 is 27.3 Å². The molecule has 2 aliphatic rings. The van der Waals surface area contributed by atoms with Gasteiger partial charge in [0.2, 0.25) is 15.9 Å². The van der Waals surface area contributed by atoms with Gasteiger partial charge in [-0.2, -0.15) is 4.31 Å². The fraction of sp³-hybridized carbons (Fsp3) is 0.500. The van der Waals surface area contributed by atoms with Gasteiger partial charge in [-0.1, -0.05) is 18.2 Å². The van der Waals surface area contributed by atoms with E-state index in [-0.39, 0.29) is 35.1 Å². The van der Waals surface area contributed by atoms with Gasteiger partial charge in [0.1, 0.15) is 12.4 Å². The Bertz CT molecular complexity index is 1270. The zero-order chi connectivity index (χ0) is 27.3. The Hall–Kier alpha value is -2.97. The van der Waals surface area contributed by atoms with Crippen LogP contribution in [-0.4, -0.2) is 86.4 Å². The molecule has 204 valence electrons. The smallest absolute Gasteiger partial charge is 0.242 e. The van der Waals surface area contributed by atoms with Gasteiger partial charge in [0.25, 0.3) is 0 Å². The van der Waals surface area contributed by atoms with Gasteiger partial charge in [0.15, 0.2) is 5.69 Å². The number of amides is 1. The van der Waals surface area contributed by atoms with Crippen LogP contribution in [0, 0.1) is 13.5 Å². The Balaban J connectivity index is 1.34. The minimum Gasteiger partial charge on any atom is -0.492 e. The quantitative estimate of drug-likeness (QED) is 0.489. The van der Waals surface area contributed by atoms with Gasteiger partial charge in [-0.15, -0.1) is 0 Å². The molecule has 0 aliphatic carbocycles. The van der Waals surface area contributed by atoms with Crippen molar-refractivity contribution in [3.63, 3.8) is 0 Å². The number of ether oxygens (including phenoxy) is 1. The molecule has 2 fully saturated rings. The Kier molecular flexibility index (Phi) is 9.05. The largest absolute Gasteiger partial charge is 0.492 e. The van der Waals surface area contributed by atoms with E-state index in [2.05, 4.69) is 15.1 Å². The normalized spacial score (nSPS) is 21.2. The van der Waals surface area contributed by atoms with Crippen molar-refractivity contribution in [2.75, 3.05) is 51.2 Å². The number of likely N-dealkylation sites (tertiary alicyclic amines) is 1. The van der Waals surface area contributed by atoms with Crippen molar-refractivity contribution in [3.05, 3.63) is 59.4 Å². The number of rotatable bonds is 9. The lowest BCUT2D eigenvalue weighted by Crippen LogP contribution is -2.59. The van der Waals surface area contributed by atoms with Gasteiger partial charge in [-0.25, -0.2) is 13.3 Å². The van der Waals surface area contributed by atoms with Gasteiger partial charge in [0, 0.05) is 43.0 Å². The predicted octanol–water partition coefficient (Wildman–Crippen LogP) is 3.74. The fourth-order valence-corrected chi connectivity index (χ4v) is 7.29. The maximum Gasteiger partial charge on any atom is 0.242 e. The SMILES string of the molecule is [C-]#[N+]c1cccc(S(=O)(=O)N2C(C)CN(CC(=O)Nc3cccc(OCCN4CCCC4)c3C)CC2C)c1. The first-order valence-corrected chi connectivity index (χ1v) is 14.6. The molecule has 0 spiro atoms. The lowest BCUT2D eigenvalue weighted by atomic mass is 10.1. The topological polar surface area (TPSA) is 86.5 Å². The summed E-state index contributed by atoms with van der Waals surface area (Å²) in [4.78, 5) is 20.8. The Labute approximate surface area is 226 Å². The molecule has 10 heteroatoms. The van der Waals surface area contributed by atoms with E-state index in [1.54, 1.807) is 12.1 Å². The van der Waals surface area contributed by atoms with Gasteiger partial charge in [-0.3, -0.25) is 14.6 Å². The molecule has 2 saturated heterocycles. The molecule has 2 unspecified atom stereocenters. The number of benzene rings is 2. The summed E-state index contributed by atoms with van der Waals surface area (Å²) >= 11 is 0. The first-order valence-electron chi connectivity index (χ1n) is 13.2. The second-order valence-corrected chi connectivity index (χ2v) is 12.1. The molecule has 38 heavy (non-hydrogen) atoms. The number of carbonyl (C=O) groups is 1. The second kappa shape index (κ2) is 12.3. The Morgan fingerprint density at radius 3 is 2.45 bits per heavy atom. The highest BCUT2D eigenvalue weighted by atomic mass is 32.2. The minimum atomic E-state index is -3.77. The van der Waals surface area contributed by atoms with E-state index < -0.39 is 10.0 Å². The van der Waals surface area contributed by atoms with Crippen molar-refractivity contribution in [1.82, 2.24) is 14.1 Å². The van der Waals surface area contributed by atoms with Gasteiger partial charge >= 0.3 is 0 Å². The van der Waals surface area contributed by atoms with Crippen LogP contribution in [0.4, 0.5) is 11.4 Å². The van der Waals surface area contributed by atoms with Crippen LogP contribution >= 0.6 is 0 Å². The van der Waals surface area contributed by atoms with Crippen molar-refractivity contribution in [3.8, 4) is 5.75 Å². The molecule has 1 amide bonds. The lowest BCUT2D eigenvalue weighted by Gasteiger charge is -2.43. The molecule has 0 bridgehead atoms. The third-order valence-corrected chi connectivity index (χ3v) is 9.35. The first-order chi connectivity index (χ1) is 18.2. The Morgan fingerprint density at radius 2 is 1.76 bits per heavy atom. The van der Waals surface area contributed by atoms with Crippen molar-refractivity contribution in [2.24, 2.45) is 0 Å². The van der Waals surface area contributed by atoms with E-state index in [1.807, 2.05) is 43.9 Å². The molecule has 2 aromatic carbocycles. The summed E-state index contributed by atoms with van der Waals surface area (Å²) in [5.74, 6) is 0.619. The molecule has 0 aromatic heterocycles. The highest BCUT2D eigenvalue weighted by Gasteiger charge is 2.38. The molecule has 1 N–H and O–H groups in total. The fourth-order valence-electron chi connectivity index (χ4n) is 5.45. The third-order valence-electron chi connectivity index (χ3n) is 7.22. The summed E-state index contributed by atoms with van der Waals surface area (Å²) < 4.78 is 34.3. The molecule has 4 rings (SSSR count). The monoisotopic (exact) mass is 539 g/mol. The van der Waals surface area contributed by atoms with Gasteiger partial charge in [0.05, 0.1) is 18.0 Å². The van der Waals surface area contributed by atoms with E-state index in [4.69, 9.17) is 11.3 Å². The minimum absolute atomic E-state index is 0.119. The number of hydrogen-bond donors (Lipinski definition) is 1. The van der Waals surface area contributed by atoms with Crippen LogP contribution < -0.4 is 10.1 Å². The predicted molar refractivity (Wildman–Crippen MR) is 148 cm³/mol. The molecular weight excluding hydrogens is 502 g/mol. The highest BCUT2D eigenvalue weighted by Crippen LogP contribution is 2.28. The number of piperazine rings is 1. The summed E-state index contributed by atoms with van der Waals surface area (Å²) in [6.07, 6.45) is 2.50. The molecule has 0 saturated carbocycles. The summed E-state index contributed by atoms with van der Waals surface area (Å²) in [7, 11) is -3.77. The number of carbonyl (C=O) groups excluding carboxylic acids is 1. The molecule has 9 nitrogen and oxygen atoms in total. The number of nitrogens with zero attached hydrogens (tertiary/aromatic N) is 4. The summed E-state index contributed by atoms with van der Waals surface area (Å²) in [5, 5.41) is 3.01. The standard InChI is InChI=1S/C28H37N5O4S/c1-21-18-32(19-22(2)33(21)38(35,36)25-10-7-9-24(17-25)29-4)20-28(34)30-26-11-8-12-27(23(26)3)37-16-15-31-13-5-6-14-31/h7-12,17,21-22H,5-6,13-16,18-20H2,1-3H3,(H,30,34). The molecule has 0 radical (unpaired) electrons. The molecule has 2 aliphatic heterocycles. The van der Waals surface area contributed by atoms with Gasteiger partial charge < -0.3 is 10.1 Å². The molecule has 2 atom stereocenters. The maximum absolute atomic E-state index is 13.4. The van der Waals surface area contributed by atoms with Crippen molar-refractivity contribution in [1.29, 1.82) is 0 Å². The summed E-state index contributed by atoms with van der Waals surface area (Å²) in [6, 6.07) is 11.1. The van der Waals surface area contributed by atoms with E-state index in [0.717, 1.165) is 36.6 Å². The van der Waals surface area contributed by atoms with Crippen molar-refractivity contribution in [2.45, 2.75) is 50.6 Å². The zero-order valence-electron chi connectivity index (χ0n) is 22.4. The number of sulfonamides is 1. The second-order valence-electron chi connectivity index (χ2n) is 10.2. The number of hydrogen-bond acceptors (Lipinski definition) is 6. The maximum atomic E-state index is 13.4. The van der Waals surface area contributed by atoms with Crippen LogP contribution in [0.1, 0.15) is 32.3 Å². The van der Waals surface area contributed by atoms with Crippen LogP contribution in [0.2, 0.25) is 0 Å². The van der Waals surface area contributed by atoms with E-state index in [1.165, 1.54) is 29.3 Å². The number of anilines is 1. The van der Waals surface area contributed by atoms with Crippen LogP contribution in [0.3, 0.4) is 0 Å². The van der Waals surface area contributed by atoms with Crippen LogP contribution in [0.25, 0.3) is 4.85 Å². The lowest BCUT2D eigenvalue weighted by molar-refractivity contribution is -0.118. The summed E-state index contributed by atoms with van der Waals surface area (Å²) in [6.45, 7) is 17.6. The van der Waals surface area contributed by atoms with E-state index in [0.29, 0.717) is 19.7 Å². The zero-order valence-corrected chi connectivity index (χ0v) is 23.2.